The number of nitrogens with one attached hydrogen (secondary N) is 2. The predicted octanol–water partition coefficient (Wildman–Crippen LogP) is 3.41. The van der Waals surface area contributed by atoms with Crippen molar-refractivity contribution in [3.63, 3.8) is 0 Å². The highest BCUT2D eigenvalue weighted by Crippen LogP contribution is 2.34. The summed E-state index contributed by atoms with van der Waals surface area (Å²) in [5.41, 5.74) is 7.67. The van der Waals surface area contributed by atoms with E-state index in [2.05, 4.69) is 17.6 Å². The third-order valence-electron chi connectivity index (χ3n) is 3.84. The minimum atomic E-state index is -0.119. The fraction of sp³-hybridized carbons (Fsp3) is 0.562. The van der Waals surface area contributed by atoms with Crippen LogP contribution in [0.2, 0.25) is 0 Å². The molecule has 2 rings (SSSR count). The smallest absolute Gasteiger partial charge is 0.319 e. The van der Waals surface area contributed by atoms with Gasteiger partial charge in [-0.2, -0.15) is 0 Å². The van der Waals surface area contributed by atoms with Crippen LogP contribution >= 0.6 is 0 Å². The lowest BCUT2D eigenvalue weighted by Crippen LogP contribution is -2.37. The molecule has 0 spiro atoms. The number of hydrogen-bond acceptors (Lipinski definition) is 2. The van der Waals surface area contributed by atoms with Crippen molar-refractivity contribution in [2.45, 2.75) is 51.6 Å². The Labute approximate surface area is 121 Å². The molecule has 1 fully saturated rings. The molecule has 0 aliphatic heterocycles. The van der Waals surface area contributed by atoms with Crippen LogP contribution in [0.15, 0.2) is 24.3 Å². The van der Waals surface area contributed by atoms with E-state index in [-0.39, 0.29) is 18.1 Å². The largest absolute Gasteiger partial charge is 0.335 e. The number of anilines is 1. The Hall–Kier alpha value is -1.55. The number of carbonyl (C=O) groups excluding carboxylic acids is 1. The molecule has 4 nitrogen and oxygen atoms in total. The van der Waals surface area contributed by atoms with Gasteiger partial charge in [-0.3, -0.25) is 0 Å². The van der Waals surface area contributed by atoms with Gasteiger partial charge in [-0.25, -0.2) is 4.79 Å². The molecule has 2 atom stereocenters. The van der Waals surface area contributed by atoms with E-state index in [1.165, 1.54) is 12.8 Å². The van der Waals surface area contributed by atoms with Crippen molar-refractivity contribution < 1.29 is 4.79 Å². The molecule has 0 radical (unpaired) electrons. The molecule has 20 heavy (non-hydrogen) atoms. The SMILES string of the molecule is CCC(CC1CC1)NC(=O)Nc1ccc(C(C)N)cc1. The summed E-state index contributed by atoms with van der Waals surface area (Å²) in [4.78, 5) is 12.0. The quantitative estimate of drug-likeness (QED) is 0.744. The molecule has 1 aromatic rings. The topological polar surface area (TPSA) is 67.2 Å². The van der Waals surface area contributed by atoms with Crippen LogP contribution in [0, 0.1) is 5.92 Å². The van der Waals surface area contributed by atoms with Gasteiger partial charge in [-0.15, -0.1) is 0 Å². The maximum atomic E-state index is 12.0. The number of benzene rings is 1. The molecule has 1 aliphatic carbocycles. The van der Waals surface area contributed by atoms with Crippen LogP contribution in [0.4, 0.5) is 10.5 Å². The van der Waals surface area contributed by atoms with Gasteiger partial charge in [0, 0.05) is 17.8 Å². The normalized spacial score (nSPS) is 17.4. The lowest BCUT2D eigenvalue weighted by molar-refractivity contribution is 0.246. The van der Waals surface area contributed by atoms with Crippen LogP contribution in [0.1, 0.15) is 51.1 Å². The number of carbonyl (C=O) groups is 1. The monoisotopic (exact) mass is 275 g/mol. The first kappa shape index (κ1) is 14.9. The average Bonchev–Trinajstić information content (AvgIpc) is 3.22. The fourth-order valence-electron chi connectivity index (χ4n) is 2.31. The van der Waals surface area contributed by atoms with Crippen LogP contribution in [0.3, 0.4) is 0 Å². The van der Waals surface area contributed by atoms with Gasteiger partial charge in [-0.1, -0.05) is 31.9 Å². The van der Waals surface area contributed by atoms with Crippen LogP contribution in [-0.2, 0) is 0 Å². The van der Waals surface area contributed by atoms with E-state index in [1.54, 1.807) is 0 Å². The summed E-state index contributed by atoms with van der Waals surface area (Å²) in [6, 6.07) is 7.85. The van der Waals surface area contributed by atoms with E-state index in [0.717, 1.165) is 30.0 Å². The lowest BCUT2D eigenvalue weighted by Gasteiger charge is -2.17. The predicted molar refractivity (Wildman–Crippen MR) is 82.6 cm³/mol. The van der Waals surface area contributed by atoms with Gasteiger partial charge < -0.3 is 16.4 Å². The van der Waals surface area contributed by atoms with Crippen LogP contribution in [0.5, 0.6) is 0 Å². The van der Waals surface area contributed by atoms with E-state index < -0.39 is 0 Å². The molecule has 1 aliphatic rings. The Morgan fingerprint density at radius 3 is 2.50 bits per heavy atom. The minimum absolute atomic E-state index is 0.0147. The molecule has 110 valence electrons. The van der Waals surface area contributed by atoms with Crippen molar-refractivity contribution in [1.29, 1.82) is 0 Å². The molecule has 2 amide bonds. The zero-order chi connectivity index (χ0) is 14.5. The van der Waals surface area contributed by atoms with E-state index in [4.69, 9.17) is 5.73 Å². The summed E-state index contributed by atoms with van der Waals surface area (Å²) < 4.78 is 0. The fourth-order valence-corrected chi connectivity index (χ4v) is 2.31. The first-order valence-corrected chi connectivity index (χ1v) is 7.51. The number of nitrogens with two attached hydrogens (primary N) is 1. The molecular formula is C16H25N3O. The van der Waals surface area contributed by atoms with Gasteiger partial charge in [0.05, 0.1) is 0 Å². The zero-order valence-corrected chi connectivity index (χ0v) is 12.4. The first-order chi connectivity index (χ1) is 9.58. The maximum absolute atomic E-state index is 12.0. The van der Waals surface area contributed by atoms with Gasteiger partial charge >= 0.3 is 6.03 Å². The highest BCUT2D eigenvalue weighted by molar-refractivity contribution is 5.89. The van der Waals surface area contributed by atoms with Crippen LogP contribution in [-0.4, -0.2) is 12.1 Å². The molecule has 0 saturated heterocycles. The van der Waals surface area contributed by atoms with Crippen molar-refractivity contribution in [3.05, 3.63) is 29.8 Å². The summed E-state index contributed by atoms with van der Waals surface area (Å²) >= 11 is 0. The van der Waals surface area contributed by atoms with Crippen molar-refractivity contribution in [2.75, 3.05) is 5.32 Å². The average molecular weight is 275 g/mol. The number of rotatable bonds is 6. The second-order valence-corrected chi connectivity index (χ2v) is 5.79. The third-order valence-corrected chi connectivity index (χ3v) is 3.84. The standard InChI is InChI=1S/C16H25N3O/c1-3-14(10-12-4-5-12)18-16(20)19-15-8-6-13(7-9-15)11(2)17/h6-9,11-12,14H,3-5,10,17H2,1-2H3,(H2,18,19,20). The second-order valence-electron chi connectivity index (χ2n) is 5.79. The Bertz CT molecular complexity index is 438. The molecule has 4 N–H and O–H groups in total. The van der Waals surface area contributed by atoms with Gasteiger partial charge in [0.25, 0.3) is 0 Å². The highest BCUT2D eigenvalue weighted by atomic mass is 16.2. The Morgan fingerprint density at radius 1 is 1.35 bits per heavy atom. The highest BCUT2D eigenvalue weighted by Gasteiger charge is 2.25. The summed E-state index contributed by atoms with van der Waals surface area (Å²) in [5, 5.41) is 5.92. The third kappa shape index (κ3) is 4.53. The van der Waals surface area contributed by atoms with Gasteiger partial charge in [-0.05, 0) is 43.4 Å². The van der Waals surface area contributed by atoms with Crippen molar-refractivity contribution in [1.82, 2.24) is 5.32 Å². The second kappa shape index (κ2) is 6.75. The van der Waals surface area contributed by atoms with Gasteiger partial charge in [0.2, 0.25) is 0 Å². The summed E-state index contributed by atoms with van der Waals surface area (Å²) in [6.07, 6.45) is 4.72. The Balaban J connectivity index is 1.83. The number of hydrogen-bond donors (Lipinski definition) is 3. The Kier molecular flexibility index (Phi) is 5.01. The number of amides is 2. The van der Waals surface area contributed by atoms with E-state index >= 15 is 0 Å². The lowest BCUT2D eigenvalue weighted by atomic mass is 10.1. The molecule has 0 bridgehead atoms. The molecule has 2 unspecified atom stereocenters. The molecule has 1 aromatic carbocycles. The summed E-state index contributed by atoms with van der Waals surface area (Å²) in [7, 11) is 0. The molecular weight excluding hydrogens is 250 g/mol. The van der Waals surface area contributed by atoms with Crippen molar-refractivity contribution in [3.8, 4) is 0 Å². The van der Waals surface area contributed by atoms with Gasteiger partial charge in [0.15, 0.2) is 0 Å². The molecule has 1 saturated carbocycles. The summed E-state index contributed by atoms with van der Waals surface area (Å²) in [6.45, 7) is 4.06. The van der Waals surface area contributed by atoms with Gasteiger partial charge in [0.1, 0.15) is 0 Å². The number of urea groups is 1. The zero-order valence-electron chi connectivity index (χ0n) is 12.4. The van der Waals surface area contributed by atoms with Crippen LogP contribution < -0.4 is 16.4 Å². The first-order valence-electron chi connectivity index (χ1n) is 7.51. The Morgan fingerprint density at radius 2 is 2.00 bits per heavy atom. The summed E-state index contributed by atoms with van der Waals surface area (Å²) in [5.74, 6) is 0.825. The van der Waals surface area contributed by atoms with Crippen LogP contribution in [0.25, 0.3) is 0 Å². The van der Waals surface area contributed by atoms with Crippen molar-refractivity contribution >= 4 is 11.7 Å². The molecule has 0 heterocycles. The van der Waals surface area contributed by atoms with Crippen molar-refractivity contribution in [2.24, 2.45) is 11.7 Å². The van der Waals surface area contributed by atoms with E-state index in [0.29, 0.717) is 0 Å². The van der Waals surface area contributed by atoms with E-state index in [9.17, 15) is 4.79 Å². The molecule has 4 heteroatoms. The maximum Gasteiger partial charge on any atom is 0.319 e. The van der Waals surface area contributed by atoms with E-state index in [1.807, 2.05) is 31.2 Å². The minimum Gasteiger partial charge on any atom is -0.335 e. The molecule has 0 aromatic heterocycles.